The van der Waals surface area contributed by atoms with Crippen LogP contribution in [-0.4, -0.2) is 17.3 Å². The molecule has 21 heavy (non-hydrogen) atoms. The number of halogens is 3. The molecule has 0 radical (unpaired) electrons. The highest BCUT2D eigenvalue weighted by Crippen LogP contribution is 2.32. The molecule has 1 fully saturated rings. The Kier molecular flexibility index (Phi) is 5.20. The van der Waals surface area contributed by atoms with Crippen LogP contribution in [0.3, 0.4) is 0 Å². The van der Waals surface area contributed by atoms with E-state index in [1.54, 1.807) is 0 Å². The van der Waals surface area contributed by atoms with Gasteiger partial charge in [-0.25, -0.2) is 8.78 Å². The van der Waals surface area contributed by atoms with Crippen LogP contribution in [0.1, 0.15) is 38.2 Å². The van der Waals surface area contributed by atoms with E-state index in [0.29, 0.717) is 11.8 Å². The average molecular weight is 316 g/mol. The van der Waals surface area contributed by atoms with E-state index in [-0.39, 0.29) is 23.4 Å². The zero-order valence-corrected chi connectivity index (χ0v) is 12.9. The van der Waals surface area contributed by atoms with Crippen molar-refractivity contribution in [3.05, 3.63) is 35.4 Å². The Morgan fingerprint density at radius 3 is 2.62 bits per heavy atom. The summed E-state index contributed by atoms with van der Waals surface area (Å²) in [6.07, 6.45) is 3.64. The van der Waals surface area contributed by atoms with Crippen molar-refractivity contribution in [2.24, 2.45) is 5.92 Å². The Morgan fingerprint density at radius 2 is 2.05 bits per heavy atom. The molecule has 0 spiro atoms. The first-order valence-electron chi connectivity index (χ1n) is 7.25. The van der Waals surface area contributed by atoms with Gasteiger partial charge in [0.15, 0.2) is 0 Å². The van der Waals surface area contributed by atoms with E-state index in [4.69, 9.17) is 11.6 Å². The summed E-state index contributed by atoms with van der Waals surface area (Å²) in [5.41, 5.74) is -0.190. The van der Waals surface area contributed by atoms with E-state index in [1.165, 1.54) is 6.07 Å². The molecule has 0 bridgehead atoms. The number of rotatable bonds is 4. The lowest BCUT2D eigenvalue weighted by atomic mass is 9.78. The van der Waals surface area contributed by atoms with E-state index >= 15 is 0 Å². The predicted octanol–water partition coefficient (Wildman–Crippen LogP) is 3.81. The van der Waals surface area contributed by atoms with E-state index in [1.807, 2.05) is 0 Å². The Hall–Kier alpha value is -1.16. The molecule has 116 valence electrons. The van der Waals surface area contributed by atoms with Crippen LogP contribution in [0.4, 0.5) is 8.78 Å². The third kappa shape index (κ3) is 4.16. The van der Waals surface area contributed by atoms with E-state index < -0.39 is 11.6 Å². The number of hydrogen-bond acceptors (Lipinski definition) is 1. The maximum Gasteiger partial charge on any atom is 0.224 e. The second-order valence-corrected chi connectivity index (χ2v) is 6.32. The summed E-state index contributed by atoms with van der Waals surface area (Å²) in [7, 11) is 0. The van der Waals surface area contributed by atoms with Crippen molar-refractivity contribution in [3.63, 3.8) is 0 Å². The highest BCUT2D eigenvalue weighted by molar-refractivity contribution is 6.18. The molecule has 0 saturated heterocycles. The van der Waals surface area contributed by atoms with E-state index in [2.05, 4.69) is 12.2 Å². The van der Waals surface area contributed by atoms with Crippen molar-refractivity contribution in [2.75, 3.05) is 5.88 Å². The second-order valence-electron chi connectivity index (χ2n) is 6.06. The average Bonchev–Trinajstić information content (AvgIpc) is 2.45. The van der Waals surface area contributed by atoms with Crippen LogP contribution >= 0.6 is 11.6 Å². The molecule has 1 amide bonds. The Morgan fingerprint density at radius 1 is 1.38 bits per heavy atom. The van der Waals surface area contributed by atoms with Crippen molar-refractivity contribution in [2.45, 2.75) is 44.6 Å². The number of alkyl halides is 1. The molecule has 2 nitrogen and oxygen atoms in total. The molecule has 1 aromatic carbocycles. The lowest BCUT2D eigenvalue weighted by Gasteiger charge is -2.38. The van der Waals surface area contributed by atoms with Crippen LogP contribution in [-0.2, 0) is 11.2 Å². The number of hydrogen-bond donors (Lipinski definition) is 1. The number of nitrogens with one attached hydrogen (secondary N) is 1. The minimum Gasteiger partial charge on any atom is -0.349 e. The number of amides is 1. The number of benzene rings is 1. The van der Waals surface area contributed by atoms with Gasteiger partial charge >= 0.3 is 0 Å². The highest BCUT2D eigenvalue weighted by Gasteiger charge is 2.34. The lowest BCUT2D eigenvalue weighted by molar-refractivity contribution is -0.122. The third-order valence-electron chi connectivity index (χ3n) is 4.26. The van der Waals surface area contributed by atoms with Crippen LogP contribution in [0.2, 0.25) is 0 Å². The standard InChI is InChI=1S/C16H20ClF2NO/c1-11-4-6-16(10-17,7-5-11)20-15(21)8-12-2-3-13(18)9-14(12)19/h2-3,9,11H,4-8,10H2,1H3,(H,20,21). The van der Waals surface area contributed by atoms with Gasteiger partial charge in [0.25, 0.3) is 0 Å². The predicted molar refractivity (Wildman–Crippen MR) is 79.3 cm³/mol. The van der Waals surface area contributed by atoms with Crippen molar-refractivity contribution < 1.29 is 13.6 Å². The molecule has 1 saturated carbocycles. The first-order chi connectivity index (χ1) is 9.94. The molecule has 1 aliphatic carbocycles. The molecular formula is C16H20ClF2NO. The zero-order valence-electron chi connectivity index (χ0n) is 12.1. The second kappa shape index (κ2) is 6.73. The van der Waals surface area contributed by atoms with Gasteiger partial charge in [-0.1, -0.05) is 13.0 Å². The molecule has 1 aromatic rings. The summed E-state index contributed by atoms with van der Waals surface area (Å²) in [6.45, 7) is 2.19. The van der Waals surface area contributed by atoms with Crippen LogP contribution in [0.5, 0.6) is 0 Å². The SMILES string of the molecule is CC1CCC(CCl)(NC(=O)Cc2ccc(F)cc2F)CC1. The fourth-order valence-corrected chi connectivity index (χ4v) is 3.12. The summed E-state index contributed by atoms with van der Waals surface area (Å²) in [5, 5.41) is 2.96. The van der Waals surface area contributed by atoms with Crippen LogP contribution < -0.4 is 5.32 Å². The van der Waals surface area contributed by atoms with Gasteiger partial charge in [-0.05, 0) is 43.2 Å². The van der Waals surface area contributed by atoms with Crippen molar-refractivity contribution in [1.82, 2.24) is 5.32 Å². The first kappa shape index (κ1) is 16.2. The fraction of sp³-hybridized carbons (Fsp3) is 0.562. The summed E-state index contributed by atoms with van der Waals surface area (Å²) >= 11 is 6.05. The Bertz CT molecular complexity index is 513. The Labute approximate surface area is 128 Å². The molecular weight excluding hydrogens is 296 g/mol. The minimum atomic E-state index is -0.692. The van der Waals surface area contributed by atoms with Crippen molar-refractivity contribution in [3.8, 4) is 0 Å². The molecule has 0 aromatic heterocycles. The molecule has 0 aliphatic heterocycles. The van der Waals surface area contributed by atoms with Gasteiger partial charge < -0.3 is 5.32 Å². The maximum atomic E-state index is 13.6. The lowest BCUT2D eigenvalue weighted by Crippen LogP contribution is -2.52. The molecule has 1 aliphatic rings. The largest absolute Gasteiger partial charge is 0.349 e. The van der Waals surface area contributed by atoms with Crippen LogP contribution in [0.15, 0.2) is 18.2 Å². The summed E-state index contributed by atoms with van der Waals surface area (Å²) in [4.78, 5) is 12.1. The fourth-order valence-electron chi connectivity index (χ4n) is 2.78. The number of carbonyl (C=O) groups is 1. The molecule has 2 rings (SSSR count). The topological polar surface area (TPSA) is 29.1 Å². The third-order valence-corrected chi connectivity index (χ3v) is 4.77. The van der Waals surface area contributed by atoms with Gasteiger partial charge in [-0.15, -0.1) is 11.6 Å². The minimum absolute atomic E-state index is 0.0969. The monoisotopic (exact) mass is 315 g/mol. The van der Waals surface area contributed by atoms with Gasteiger partial charge in [0.2, 0.25) is 5.91 Å². The van der Waals surface area contributed by atoms with Crippen molar-refractivity contribution >= 4 is 17.5 Å². The quantitative estimate of drug-likeness (QED) is 0.841. The zero-order chi connectivity index (χ0) is 15.5. The van der Waals surface area contributed by atoms with E-state index in [0.717, 1.165) is 37.8 Å². The summed E-state index contributed by atoms with van der Waals surface area (Å²) < 4.78 is 26.4. The molecule has 0 atom stereocenters. The molecule has 1 N–H and O–H groups in total. The molecule has 0 heterocycles. The Balaban J connectivity index is 2.00. The van der Waals surface area contributed by atoms with Gasteiger partial charge in [0.1, 0.15) is 11.6 Å². The summed E-state index contributed by atoms with van der Waals surface area (Å²) in [6, 6.07) is 3.26. The van der Waals surface area contributed by atoms with Gasteiger partial charge in [0.05, 0.1) is 12.0 Å². The van der Waals surface area contributed by atoms with E-state index in [9.17, 15) is 13.6 Å². The maximum absolute atomic E-state index is 13.6. The summed E-state index contributed by atoms with van der Waals surface area (Å²) in [5.74, 6) is -0.599. The highest BCUT2D eigenvalue weighted by atomic mass is 35.5. The first-order valence-corrected chi connectivity index (χ1v) is 7.78. The van der Waals surface area contributed by atoms with Gasteiger partial charge in [-0.2, -0.15) is 0 Å². The van der Waals surface area contributed by atoms with Crippen molar-refractivity contribution in [1.29, 1.82) is 0 Å². The van der Waals surface area contributed by atoms with Gasteiger partial charge in [-0.3, -0.25) is 4.79 Å². The van der Waals surface area contributed by atoms with Crippen LogP contribution in [0.25, 0.3) is 0 Å². The smallest absolute Gasteiger partial charge is 0.224 e. The number of carbonyl (C=O) groups excluding carboxylic acids is 1. The normalized spacial score (nSPS) is 25.6. The van der Waals surface area contributed by atoms with Gasteiger partial charge in [0, 0.05) is 11.9 Å². The molecule has 5 heteroatoms. The molecule has 0 unspecified atom stereocenters. The van der Waals surface area contributed by atoms with Crippen LogP contribution in [0, 0.1) is 17.6 Å².